The van der Waals surface area contributed by atoms with Gasteiger partial charge in [-0.2, -0.15) is 0 Å². The van der Waals surface area contributed by atoms with Gasteiger partial charge >= 0.3 is 0 Å². The number of hydrogen-bond donors (Lipinski definition) is 2. The molecule has 114 valence electrons. The monoisotopic (exact) mass is 387 g/mol. The molecular weight excluding hydrogens is 374 g/mol. The molecule has 10 heteroatoms. The molecule has 3 N–H and O–H groups in total. The fraction of sp³-hybridized carbons (Fsp3) is 0.400. The first-order valence-electron chi connectivity index (χ1n) is 5.44. The highest BCUT2D eigenvalue weighted by molar-refractivity contribution is 9.10. The molecule has 20 heavy (non-hydrogen) atoms. The van der Waals surface area contributed by atoms with E-state index in [1.807, 2.05) is 0 Å². The minimum absolute atomic E-state index is 0. The molecule has 0 amide bonds. The molecule has 0 saturated carbocycles. The molecule has 1 aromatic rings. The number of benzene rings is 1. The van der Waals surface area contributed by atoms with Gasteiger partial charge in [-0.3, -0.25) is 10.1 Å². The molecule has 0 fully saturated rings. The van der Waals surface area contributed by atoms with Crippen molar-refractivity contribution in [3.05, 3.63) is 32.3 Å². The SMILES string of the molecule is Cc1c(Br)cc(S(=O)(=O)NCCCN)cc1[N+](=O)[O-].Cl. The van der Waals surface area contributed by atoms with Crippen LogP contribution in [0.2, 0.25) is 0 Å². The Hall–Kier alpha value is -0.740. The average molecular weight is 389 g/mol. The first-order chi connectivity index (χ1) is 8.79. The average Bonchev–Trinajstić information content (AvgIpc) is 2.32. The van der Waals surface area contributed by atoms with E-state index in [0.29, 0.717) is 23.0 Å². The van der Waals surface area contributed by atoms with Gasteiger partial charge in [0.2, 0.25) is 10.0 Å². The maximum Gasteiger partial charge on any atom is 0.274 e. The van der Waals surface area contributed by atoms with Gasteiger partial charge in [-0.1, -0.05) is 15.9 Å². The lowest BCUT2D eigenvalue weighted by molar-refractivity contribution is -0.385. The zero-order valence-corrected chi connectivity index (χ0v) is 13.8. The fourth-order valence-corrected chi connectivity index (χ4v) is 3.10. The summed E-state index contributed by atoms with van der Waals surface area (Å²) in [6.45, 7) is 2.10. The Morgan fingerprint density at radius 3 is 2.55 bits per heavy atom. The van der Waals surface area contributed by atoms with E-state index >= 15 is 0 Å². The molecule has 1 rings (SSSR count). The van der Waals surface area contributed by atoms with Gasteiger partial charge in [0.05, 0.1) is 9.82 Å². The van der Waals surface area contributed by atoms with Gasteiger partial charge in [0.15, 0.2) is 0 Å². The van der Waals surface area contributed by atoms with Gasteiger partial charge in [-0.05, 0) is 26.0 Å². The zero-order valence-electron chi connectivity index (χ0n) is 10.6. The quantitative estimate of drug-likeness (QED) is 0.437. The summed E-state index contributed by atoms with van der Waals surface area (Å²) in [5, 5.41) is 10.9. The van der Waals surface area contributed by atoms with Crippen molar-refractivity contribution in [3.8, 4) is 0 Å². The third-order valence-corrected chi connectivity index (χ3v) is 4.73. The van der Waals surface area contributed by atoms with Crippen LogP contribution >= 0.6 is 28.3 Å². The largest absolute Gasteiger partial charge is 0.330 e. The van der Waals surface area contributed by atoms with Crippen molar-refractivity contribution in [1.82, 2.24) is 4.72 Å². The van der Waals surface area contributed by atoms with E-state index in [2.05, 4.69) is 20.7 Å². The van der Waals surface area contributed by atoms with Crippen molar-refractivity contribution in [2.45, 2.75) is 18.2 Å². The highest BCUT2D eigenvalue weighted by atomic mass is 79.9. The Labute approximate surface area is 131 Å². The second-order valence-corrected chi connectivity index (χ2v) is 6.47. The number of halogens is 2. The topological polar surface area (TPSA) is 115 Å². The molecule has 0 aliphatic heterocycles. The van der Waals surface area contributed by atoms with E-state index in [1.165, 1.54) is 6.07 Å². The fourth-order valence-electron chi connectivity index (χ4n) is 1.38. The minimum atomic E-state index is -3.77. The summed E-state index contributed by atoms with van der Waals surface area (Å²) in [6.07, 6.45) is 0.494. The molecule has 0 radical (unpaired) electrons. The van der Waals surface area contributed by atoms with E-state index in [0.717, 1.165) is 6.07 Å². The number of nitrogens with one attached hydrogen (secondary N) is 1. The van der Waals surface area contributed by atoms with Crippen molar-refractivity contribution >= 4 is 44.0 Å². The lowest BCUT2D eigenvalue weighted by Crippen LogP contribution is -2.26. The summed E-state index contributed by atoms with van der Waals surface area (Å²) in [4.78, 5) is 10.1. The Balaban J connectivity index is 0.00000361. The normalized spacial score (nSPS) is 10.9. The standard InChI is InChI=1S/C10H14BrN3O4S.ClH/c1-7-9(11)5-8(6-10(7)14(15)16)19(17,18)13-4-2-3-12;/h5-6,13H,2-4,12H2,1H3;1H. The molecule has 7 nitrogen and oxygen atoms in total. The van der Waals surface area contributed by atoms with E-state index in [9.17, 15) is 18.5 Å². The Morgan fingerprint density at radius 1 is 1.45 bits per heavy atom. The number of nitro groups is 1. The summed E-state index contributed by atoms with van der Waals surface area (Å²) in [7, 11) is -3.77. The summed E-state index contributed by atoms with van der Waals surface area (Å²) < 4.78 is 26.6. The predicted molar refractivity (Wildman–Crippen MR) is 81.6 cm³/mol. The van der Waals surface area contributed by atoms with E-state index in [1.54, 1.807) is 6.92 Å². The van der Waals surface area contributed by atoms with Crippen molar-refractivity contribution in [2.24, 2.45) is 5.73 Å². The number of sulfonamides is 1. The Morgan fingerprint density at radius 2 is 2.05 bits per heavy atom. The van der Waals surface area contributed by atoms with Crippen LogP contribution in [0.4, 0.5) is 5.69 Å². The van der Waals surface area contributed by atoms with Gasteiger partial charge in [0, 0.05) is 22.6 Å². The van der Waals surface area contributed by atoms with Gasteiger partial charge in [0.1, 0.15) is 0 Å². The summed E-state index contributed by atoms with van der Waals surface area (Å²) in [5.41, 5.74) is 5.41. The summed E-state index contributed by atoms with van der Waals surface area (Å²) in [6, 6.07) is 2.39. The lowest BCUT2D eigenvalue weighted by atomic mass is 10.2. The van der Waals surface area contributed by atoms with Crippen molar-refractivity contribution < 1.29 is 13.3 Å². The molecule has 0 bridgehead atoms. The second kappa shape index (κ2) is 7.89. The van der Waals surface area contributed by atoms with Crippen LogP contribution in [0.3, 0.4) is 0 Å². The van der Waals surface area contributed by atoms with E-state index in [-0.39, 0.29) is 29.5 Å². The van der Waals surface area contributed by atoms with E-state index in [4.69, 9.17) is 5.73 Å². The zero-order chi connectivity index (χ0) is 14.6. The van der Waals surface area contributed by atoms with Gasteiger partial charge in [0.25, 0.3) is 5.69 Å². The third-order valence-electron chi connectivity index (χ3n) is 2.47. The molecule has 0 aromatic heterocycles. The van der Waals surface area contributed by atoms with Crippen LogP contribution < -0.4 is 10.5 Å². The highest BCUT2D eigenvalue weighted by Crippen LogP contribution is 2.29. The number of rotatable bonds is 6. The lowest BCUT2D eigenvalue weighted by Gasteiger charge is -2.08. The Bertz CT molecular complexity index is 594. The molecule has 0 atom stereocenters. The maximum absolute atomic E-state index is 11.9. The third kappa shape index (κ3) is 4.67. The first-order valence-corrected chi connectivity index (χ1v) is 7.71. The van der Waals surface area contributed by atoms with Crippen LogP contribution in [-0.4, -0.2) is 26.4 Å². The molecule has 0 saturated heterocycles. The molecule has 0 heterocycles. The summed E-state index contributed by atoms with van der Waals surface area (Å²) in [5.74, 6) is 0. The van der Waals surface area contributed by atoms with Crippen molar-refractivity contribution in [3.63, 3.8) is 0 Å². The predicted octanol–water partition coefficient (Wildman–Crippen LogP) is 1.71. The smallest absolute Gasteiger partial charge is 0.274 e. The number of hydrogen-bond acceptors (Lipinski definition) is 5. The number of nitrogens with two attached hydrogens (primary N) is 1. The molecule has 0 unspecified atom stereocenters. The van der Waals surface area contributed by atoms with Crippen LogP contribution in [-0.2, 0) is 10.0 Å². The van der Waals surface area contributed by atoms with Gasteiger partial charge < -0.3 is 5.73 Å². The van der Waals surface area contributed by atoms with Crippen LogP contribution in [0.5, 0.6) is 0 Å². The van der Waals surface area contributed by atoms with Crippen LogP contribution in [0.1, 0.15) is 12.0 Å². The van der Waals surface area contributed by atoms with Crippen molar-refractivity contribution in [2.75, 3.05) is 13.1 Å². The molecule has 1 aromatic carbocycles. The molecular formula is C10H15BrClN3O4S. The minimum Gasteiger partial charge on any atom is -0.330 e. The second-order valence-electron chi connectivity index (χ2n) is 3.85. The maximum atomic E-state index is 11.9. The molecule has 0 spiro atoms. The molecule has 0 aliphatic carbocycles. The number of nitro benzene ring substituents is 1. The van der Waals surface area contributed by atoms with Crippen molar-refractivity contribution in [1.29, 1.82) is 0 Å². The van der Waals surface area contributed by atoms with Gasteiger partial charge in [-0.15, -0.1) is 12.4 Å². The summed E-state index contributed by atoms with van der Waals surface area (Å²) >= 11 is 3.12. The van der Waals surface area contributed by atoms with Crippen LogP contribution in [0.15, 0.2) is 21.5 Å². The highest BCUT2D eigenvalue weighted by Gasteiger charge is 2.21. The Kier molecular flexibility index (Phi) is 7.60. The molecule has 0 aliphatic rings. The van der Waals surface area contributed by atoms with Crippen LogP contribution in [0.25, 0.3) is 0 Å². The van der Waals surface area contributed by atoms with Crippen LogP contribution in [0, 0.1) is 17.0 Å². The number of nitrogens with zero attached hydrogens (tertiary/aromatic N) is 1. The first kappa shape index (κ1) is 19.3. The van der Waals surface area contributed by atoms with E-state index < -0.39 is 14.9 Å². The van der Waals surface area contributed by atoms with Gasteiger partial charge in [-0.25, -0.2) is 13.1 Å².